The van der Waals surface area contributed by atoms with E-state index in [9.17, 15) is 9.59 Å². The topological polar surface area (TPSA) is 88.0 Å². The normalized spacial score (nSPS) is 13.5. The van der Waals surface area contributed by atoms with E-state index in [4.69, 9.17) is 5.73 Å². The van der Waals surface area contributed by atoms with Gasteiger partial charge in [0.25, 0.3) is 11.5 Å². The zero-order valence-electron chi connectivity index (χ0n) is 11.6. The molecule has 0 saturated carbocycles. The van der Waals surface area contributed by atoms with Crippen LogP contribution in [0.25, 0.3) is 0 Å². The molecule has 0 atom stereocenters. The van der Waals surface area contributed by atoms with Crippen LogP contribution in [0.4, 0.5) is 11.4 Å². The van der Waals surface area contributed by atoms with E-state index in [0.29, 0.717) is 11.4 Å². The van der Waals surface area contributed by atoms with Crippen LogP contribution in [0.15, 0.2) is 35.1 Å². The van der Waals surface area contributed by atoms with Crippen molar-refractivity contribution in [1.82, 2.24) is 4.98 Å². The van der Waals surface area contributed by atoms with Crippen molar-refractivity contribution in [3.63, 3.8) is 0 Å². The molecule has 5 heteroatoms. The number of nitrogens with two attached hydrogens (primary N) is 1. The Morgan fingerprint density at radius 2 is 1.95 bits per heavy atom. The van der Waals surface area contributed by atoms with Gasteiger partial charge in [-0.15, -0.1) is 0 Å². The van der Waals surface area contributed by atoms with Crippen LogP contribution in [-0.4, -0.2) is 10.9 Å². The second kappa shape index (κ2) is 5.44. The van der Waals surface area contributed by atoms with Crippen molar-refractivity contribution in [3.05, 3.63) is 57.5 Å². The summed E-state index contributed by atoms with van der Waals surface area (Å²) in [5.41, 5.74) is 8.60. The number of para-hydroxylation sites is 2. The highest BCUT2D eigenvalue weighted by atomic mass is 16.2. The first kappa shape index (κ1) is 13.4. The molecule has 3 rings (SSSR count). The van der Waals surface area contributed by atoms with Crippen molar-refractivity contribution < 1.29 is 4.79 Å². The van der Waals surface area contributed by atoms with E-state index in [-0.39, 0.29) is 11.1 Å². The molecule has 21 heavy (non-hydrogen) atoms. The molecular formula is C16H17N3O2. The van der Waals surface area contributed by atoms with Crippen molar-refractivity contribution >= 4 is 17.3 Å². The van der Waals surface area contributed by atoms with Gasteiger partial charge in [-0.3, -0.25) is 9.59 Å². The van der Waals surface area contributed by atoms with E-state index < -0.39 is 5.91 Å². The molecule has 0 spiro atoms. The van der Waals surface area contributed by atoms with Gasteiger partial charge in [0, 0.05) is 5.69 Å². The minimum atomic E-state index is -0.428. The fraction of sp³-hybridized carbons (Fsp3) is 0.250. The summed E-state index contributed by atoms with van der Waals surface area (Å²) in [5.74, 6) is -0.428. The molecule has 108 valence electrons. The lowest BCUT2D eigenvalue weighted by Gasteiger charge is -2.16. The number of benzene rings is 1. The molecule has 0 saturated heterocycles. The average Bonchev–Trinajstić information content (AvgIpc) is 2.49. The van der Waals surface area contributed by atoms with E-state index in [0.717, 1.165) is 36.9 Å². The van der Waals surface area contributed by atoms with Crippen LogP contribution in [0.2, 0.25) is 0 Å². The monoisotopic (exact) mass is 283 g/mol. The quantitative estimate of drug-likeness (QED) is 0.737. The number of rotatable bonds is 2. The maximum Gasteiger partial charge on any atom is 0.261 e. The van der Waals surface area contributed by atoms with Crippen molar-refractivity contribution in [2.24, 2.45) is 0 Å². The number of carbonyl (C=O) groups is 1. The number of aryl methyl sites for hydroxylation is 2. The van der Waals surface area contributed by atoms with Crippen LogP contribution < -0.4 is 16.6 Å². The lowest BCUT2D eigenvalue weighted by molar-refractivity contribution is 0.102. The minimum Gasteiger partial charge on any atom is -0.397 e. The maximum absolute atomic E-state index is 12.3. The second-order valence-electron chi connectivity index (χ2n) is 5.26. The van der Waals surface area contributed by atoms with Gasteiger partial charge in [0.05, 0.1) is 11.4 Å². The van der Waals surface area contributed by atoms with Gasteiger partial charge in [-0.05, 0) is 49.4 Å². The third-order valence-electron chi connectivity index (χ3n) is 3.79. The molecule has 4 N–H and O–H groups in total. The van der Waals surface area contributed by atoms with Crippen LogP contribution in [0, 0.1) is 0 Å². The highest BCUT2D eigenvalue weighted by molar-refractivity contribution is 6.05. The Morgan fingerprint density at radius 3 is 2.76 bits per heavy atom. The number of aromatic amines is 1. The Kier molecular flexibility index (Phi) is 3.48. The first-order valence-electron chi connectivity index (χ1n) is 7.06. The van der Waals surface area contributed by atoms with Gasteiger partial charge in [0.1, 0.15) is 5.56 Å². The molecule has 1 aliphatic carbocycles. The Balaban J connectivity index is 1.91. The lowest BCUT2D eigenvalue weighted by atomic mass is 9.95. The largest absolute Gasteiger partial charge is 0.397 e. The van der Waals surface area contributed by atoms with Crippen LogP contribution >= 0.6 is 0 Å². The first-order valence-corrected chi connectivity index (χ1v) is 7.06. The summed E-state index contributed by atoms with van der Waals surface area (Å²) in [4.78, 5) is 27.2. The predicted molar refractivity (Wildman–Crippen MR) is 82.5 cm³/mol. The van der Waals surface area contributed by atoms with E-state index in [1.54, 1.807) is 30.3 Å². The van der Waals surface area contributed by atoms with Gasteiger partial charge in [0.2, 0.25) is 0 Å². The zero-order valence-corrected chi connectivity index (χ0v) is 11.6. The first-order chi connectivity index (χ1) is 10.1. The molecule has 5 nitrogen and oxygen atoms in total. The summed E-state index contributed by atoms with van der Waals surface area (Å²) in [6.07, 6.45) is 3.94. The predicted octanol–water partition coefficient (Wildman–Crippen LogP) is 2.09. The number of aromatic nitrogens is 1. The summed E-state index contributed by atoms with van der Waals surface area (Å²) < 4.78 is 0. The number of H-pyrrole nitrogens is 1. The van der Waals surface area contributed by atoms with Gasteiger partial charge in [-0.1, -0.05) is 12.1 Å². The zero-order chi connectivity index (χ0) is 14.8. The summed E-state index contributed by atoms with van der Waals surface area (Å²) in [7, 11) is 0. The molecule has 0 aliphatic heterocycles. The highest BCUT2D eigenvalue weighted by Gasteiger charge is 2.17. The number of pyridine rings is 1. The van der Waals surface area contributed by atoms with Gasteiger partial charge < -0.3 is 16.0 Å². The Hall–Kier alpha value is -2.56. The second-order valence-corrected chi connectivity index (χ2v) is 5.26. The third kappa shape index (κ3) is 2.67. The summed E-state index contributed by atoms with van der Waals surface area (Å²) in [6.45, 7) is 0. The molecule has 1 heterocycles. The van der Waals surface area contributed by atoms with Crippen molar-refractivity contribution in [2.45, 2.75) is 25.7 Å². The minimum absolute atomic E-state index is 0.138. The number of anilines is 2. The molecule has 1 aromatic carbocycles. The van der Waals surface area contributed by atoms with Crippen LogP contribution in [-0.2, 0) is 12.8 Å². The van der Waals surface area contributed by atoms with E-state index in [2.05, 4.69) is 10.3 Å². The number of hydrogen-bond donors (Lipinski definition) is 3. The summed E-state index contributed by atoms with van der Waals surface area (Å²) in [5, 5.41) is 2.69. The van der Waals surface area contributed by atoms with Crippen LogP contribution in [0.1, 0.15) is 34.5 Å². The third-order valence-corrected chi connectivity index (χ3v) is 3.79. The van der Waals surface area contributed by atoms with Gasteiger partial charge in [-0.2, -0.15) is 0 Å². The number of fused-ring (bicyclic) bond motifs is 1. The van der Waals surface area contributed by atoms with E-state index in [1.165, 1.54) is 0 Å². The van der Waals surface area contributed by atoms with Crippen molar-refractivity contribution in [1.29, 1.82) is 0 Å². The number of hydrogen-bond acceptors (Lipinski definition) is 3. The molecule has 0 radical (unpaired) electrons. The van der Waals surface area contributed by atoms with E-state index in [1.807, 2.05) is 0 Å². The van der Waals surface area contributed by atoms with Gasteiger partial charge in [-0.25, -0.2) is 0 Å². The maximum atomic E-state index is 12.3. The molecule has 1 aliphatic rings. The van der Waals surface area contributed by atoms with Gasteiger partial charge >= 0.3 is 0 Å². The molecule has 0 fully saturated rings. The molecule has 2 aromatic rings. The number of nitrogens with one attached hydrogen (secondary N) is 2. The molecule has 0 unspecified atom stereocenters. The summed E-state index contributed by atoms with van der Waals surface area (Å²) in [6, 6.07) is 8.69. The van der Waals surface area contributed by atoms with E-state index >= 15 is 0 Å². The van der Waals surface area contributed by atoms with Crippen LogP contribution in [0.3, 0.4) is 0 Å². The molecule has 1 amide bonds. The standard InChI is InChI=1S/C16H17N3O2/c17-12-6-2-4-8-14(12)19-16(21)11-9-10-5-1-3-7-13(10)18-15(11)20/h2,4,6,8-9H,1,3,5,7,17H2,(H,18,20)(H,19,21). The molecule has 0 bridgehead atoms. The SMILES string of the molecule is Nc1ccccc1NC(=O)c1cc2c([nH]c1=O)CCCC2. The number of nitrogen functional groups attached to an aromatic ring is 1. The smallest absolute Gasteiger partial charge is 0.261 e. The van der Waals surface area contributed by atoms with Crippen molar-refractivity contribution in [2.75, 3.05) is 11.1 Å². The number of carbonyl (C=O) groups excluding carboxylic acids is 1. The summed E-state index contributed by atoms with van der Waals surface area (Å²) >= 11 is 0. The number of amides is 1. The Morgan fingerprint density at radius 1 is 1.19 bits per heavy atom. The average molecular weight is 283 g/mol. The fourth-order valence-electron chi connectivity index (χ4n) is 2.64. The fourth-order valence-corrected chi connectivity index (χ4v) is 2.64. The lowest BCUT2D eigenvalue weighted by Crippen LogP contribution is -2.26. The van der Waals surface area contributed by atoms with Gasteiger partial charge in [0.15, 0.2) is 0 Å². The van der Waals surface area contributed by atoms with Crippen molar-refractivity contribution in [3.8, 4) is 0 Å². The molecule has 1 aromatic heterocycles. The Bertz CT molecular complexity index is 749. The Labute approximate surface area is 122 Å². The van der Waals surface area contributed by atoms with Crippen LogP contribution in [0.5, 0.6) is 0 Å². The molecular weight excluding hydrogens is 266 g/mol. The highest BCUT2D eigenvalue weighted by Crippen LogP contribution is 2.20.